The van der Waals surface area contributed by atoms with Crippen molar-refractivity contribution in [2.24, 2.45) is 5.41 Å². The fraction of sp³-hybridized carbons (Fsp3) is 0.373. The molecule has 2 bridgehead atoms. The van der Waals surface area contributed by atoms with E-state index in [1.54, 1.807) is 61.6 Å². The second kappa shape index (κ2) is 19.4. The molecule has 1 aromatic heterocycles. The topological polar surface area (TPSA) is 131 Å². The van der Waals surface area contributed by atoms with Gasteiger partial charge in [0.2, 0.25) is 5.78 Å². The first-order valence-corrected chi connectivity index (χ1v) is 21.9. The number of benzene rings is 4. The summed E-state index contributed by atoms with van der Waals surface area (Å²) in [7, 11) is 4.65. The lowest BCUT2D eigenvalue weighted by Gasteiger charge is -2.46. The minimum Gasteiger partial charge on any atom is -0.497 e. The van der Waals surface area contributed by atoms with E-state index in [4.69, 9.17) is 30.2 Å². The van der Waals surface area contributed by atoms with Crippen LogP contribution in [0.3, 0.4) is 0 Å². The Balaban J connectivity index is 1.30. The van der Waals surface area contributed by atoms with Crippen LogP contribution < -0.4 is 19.5 Å². The van der Waals surface area contributed by atoms with Gasteiger partial charge < -0.3 is 39.1 Å². The van der Waals surface area contributed by atoms with E-state index in [2.05, 4.69) is 11.4 Å². The smallest absolute Gasteiger partial charge is 0.416 e. The maximum Gasteiger partial charge on any atom is 0.416 e. The predicted octanol–water partition coefficient (Wildman–Crippen LogP) is 11.6. The number of carbonyl (C=O) groups excluding carboxylic acids is 2. The molecule has 3 N–H and O–H groups in total. The molecule has 4 aromatic carbocycles. The molecular weight excluding hydrogens is 861 g/mol. The molecule has 0 unspecified atom stereocenters. The second-order valence-corrected chi connectivity index (χ2v) is 17.7. The molecule has 0 saturated heterocycles. The van der Waals surface area contributed by atoms with Crippen molar-refractivity contribution < 1.29 is 51.6 Å². The highest BCUT2D eigenvalue weighted by atomic mass is 35.5. The Morgan fingerprint density at radius 3 is 2.35 bits per heavy atom. The SMILES string of the molecule is COc1ccc(NC(=O)N(Cc2ccc(OC)cc2OC)C[C@]2(O)CC[C@H]3c4ccc(cc4C(=O)c4ccc(-c5cc(C(F)(F)F)ccc5Cl)o4)C[C@@H](O)CCC(C)=CCC[C@@]32C)cc1. The first-order chi connectivity index (χ1) is 30.9. The Morgan fingerprint density at radius 2 is 1.65 bits per heavy atom. The number of hydrogen-bond acceptors (Lipinski definition) is 8. The summed E-state index contributed by atoms with van der Waals surface area (Å²) in [6.07, 6.45) is -0.0100. The number of ketones is 1. The molecule has 5 aromatic rings. The van der Waals surface area contributed by atoms with Crippen molar-refractivity contribution in [2.45, 2.75) is 89.1 Å². The number of amides is 2. The molecular formula is C51H54ClF3N2O8. The fourth-order valence-corrected chi connectivity index (χ4v) is 9.62. The second-order valence-electron chi connectivity index (χ2n) is 17.3. The predicted molar refractivity (Wildman–Crippen MR) is 243 cm³/mol. The number of alkyl halides is 3. The molecule has 10 nitrogen and oxygen atoms in total. The number of halogens is 4. The van der Waals surface area contributed by atoms with Gasteiger partial charge in [-0.3, -0.25) is 4.79 Å². The zero-order chi connectivity index (χ0) is 46.7. The van der Waals surface area contributed by atoms with Crippen molar-refractivity contribution in [3.8, 4) is 28.6 Å². The molecule has 0 aliphatic heterocycles. The van der Waals surface area contributed by atoms with Crippen LogP contribution in [-0.2, 0) is 19.1 Å². The maximum absolute atomic E-state index is 14.8. The van der Waals surface area contributed by atoms with E-state index >= 15 is 0 Å². The molecule has 344 valence electrons. The third kappa shape index (κ3) is 10.2. The molecule has 4 atom stereocenters. The maximum atomic E-state index is 14.8. The van der Waals surface area contributed by atoms with Crippen LogP contribution in [-0.4, -0.2) is 66.5 Å². The Labute approximate surface area is 382 Å². The molecule has 1 heterocycles. The lowest BCUT2D eigenvalue weighted by atomic mass is 9.64. The van der Waals surface area contributed by atoms with Gasteiger partial charge in [0.1, 0.15) is 23.0 Å². The number of nitrogens with zero attached hydrogens (tertiary/aromatic N) is 1. The van der Waals surface area contributed by atoms with Gasteiger partial charge in [-0.1, -0.05) is 42.3 Å². The third-order valence-electron chi connectivity index (χ3n) is 13.2. The quantitative estimate of drug-likeness (QED) is 0.0882. The van der Waals surface area contributed by atoms with Crippen molar-refractivity contribution >= 4 is 29.1 Å². The van der Waals surface area contributed by atoms with Gasteiger partial charge in [0.15, 0.2) is 5.76 Å². The molecule has 14 heteroatoms. The summed E-state index contributed by atoms with van der Waals surface area (Å²) < 4.78 is 63.6. The number of ether oxygens (including phenoxy) is 3. The van der Waals surface area contributed by atoms with E-state index in [1.165, 1.54) is 19.2 Å². The largest absolute Gasteiger partial charge is 0.497 e. The number of hydrogen-bond donors (Lipinski definition) is 3. The van der Waals surface area contributed by atoms with E-state index in [1.807, 2.05) is 32.0 Å². The van der Waals surface area contributed by atoms with Crippen molar-refractivity contribution in [3.63, 3.8) is 0 Å². The van der Waals surface area contributed by atoms with Gasteiger partial charge in [0.05, 0.1) is 56.7 Å². The van der Waals surface area contributed by atoms with Crippen LogP contribution >= 0.6 is 11.6 Å². The molecule has 0 spiro atoms. The summed E-state index contributed by atoms with van der Waals surface area (Å²) in [5.74, 6) is 0.631. The number of aliphatic hydroxyl groups excluding tert-OH is 1. The zero-order valence-corrected chi connectivity index (χ0v) is 37.8. The molecule has 1 fully saturated rings. The minimum absolute atomic E-state index is 0.0107. The van der Waals surface area contributed by atoms with E-state index in [0.29, 0.717) is 71.7 Å². The highest BCUT2D eigenvalue weighted by Gasteiger charge is 2.58. The number of allylic oxidation sites excluding steroid dienone is 2. The van der Waals surface area contributed by atoms with Crippen LogP contribution in [0.25, 0.3) is 11.3 Å². The van der Waals surface area contributed by atoms with E-state index in [9.17, 15) is 33.0 Å². The fourth-order valence-electron chi connectivity index (χ4n) is 9.40. The number of carbonyl (C=O) groups is 2. The van der Waals surface area contributed by atoms with Gasteiger partial charge in [0, 0.05) is 33.9 Å². The van der Waals surface area contributed by atoms with Gasteiger partial charge in [0.25, 0.3) is 0 Å². The van der Waals surface area contributed by atoms with Gasteiger partial charge in [-0.15, -0.1) is 0 Å². The summed E-state index contributed by atoms with van der Waals surface area (Å²) in [5, 5.41) is 27.4. The number of fused-ring (bicyclic) bond motifs is 8. The zero-order valence-electron chi connectivity index (χ0n) is 37.1. The highest BCUT2D eigenvalue weighted by molar-refractivity contribution is 6.33. The van der Waals surface area contributed by atoms with Crippen LogP contribution in [0.5, 0.6) is 17.2 Å². The number of aliphatic hydroxyl groups is 2. The van der Waals surface area contributed by atoms with Crippen LogP contribution in [0.2, 0.25) is 5.02 Å². The van der Waals surface area contributed by atoms with Crippen LogP contribution in [0, 0.1) is 5.41 Å². The summed E-state index contributed by atoms with van der Waals surface area (Å²) in [5.41, 5.74) is 0.576. The Morgan fingerprint density at radius 1 is 0.908 bits per heavy atom. The third-order valence-corrected chi connectivity index (χ3v) is 13.6. The average molecular weight is 915 g/mol. The van der Waals surface area contributed by atoms with Crippen molar-refractivity contribution in [3.05, 3.63) is 141 Å². The number of nitrogens with one attached hydrogen (secondary N) is 1. The number of rotatable bonds is 11. The van der Waals surface area contributed by atoms with Crippen LogP contribution in [0.4, 0.5) is 23.7 Å². The average Bonchev–Trinajstić information content (AvgIpc) is 3.87. The molecule has 3 aliphatic rings. The van der Waals surface area contributed by atoms with Crippen molar-refractivity contribution in [1.82, 2.24) is 4.90 Å². The van der Waals surface area contributed by atoms with Gasteiger partial charge in [-0.05, 0) is 142 Å². The lowest BCUT2D eigenvalue weighted by molar-refractivity contribution is -0.137. The van der Waals surface area contributed by atoms with Crippen molar-refractivity contribution in [2.75, 3.05) is 33.2 Å². The molecule has 3 aliphatic carbocycles. The normalized spacial score (nSPS) is 21.2. The summed E-state index contributed by atoms with van der Waals surface area (Å²) in [6.45, 7) is 4.02. The standard InChI is InChI=1S/C51H54ClF3N2O8/c1-31-7-6-23-49(2)42(22-24-50(49,61)30-57(29-33-10-15-38(63-4)28-46(33)64-5)48(60)56-35-12-16-37(62-3)17-13-35)39-18-9-32(25-36(58)14-8-31)26-40(39)47(59)45-21-20-44(65-45)41-27-34(51(53,54)55)11-19-43(41)52/h7,9-13,15-21,26-28,36,42,58,61H,6,8,14,22-25,29-30H2,1-5H3,(H,56,60)/t36-,42-,49-,50+/m0/s1. The Hall–Kier alpha value is -5.76. The summed E-state index contributed by atoms with van der Waals surface area (Å²) in [4.78, 5) is 30.8. The summed E-state index contributed by atoms with van der Waals surface area (Å²) >= 11 is 6.37. The van der Waals surface area contributed by atoms with Gasteiger partial charge in [-0.25, -0.2) is 4.79 Å². The van der Waals surface area contributed by atoms with E-state index < -0.39 is 46.6 Å². The van der Waals surface area contributed by atoms with Gasteiger partial charge >= 0.3 is 12.2 Å². The number of anilines is 1. The highest BCUT2D eigenvalue weighted by Crippen LogP contribution is 2.59. The summed E-state index contributed by atoms with van der Waals surface area (Å²) in [6, 6.07) is 23.1. The monoisotopic (exact) mass is 914 g/mol. The van der Waals surface area contributed by atoms with Gasteiger partial charge in [-0.2, -0.15) is 13.2 Å². The minimum atomic E-state index is -4.63. The molecule has 1 saturated carbocycles. The Kier molecular flexibility index (Phi) is 14.1. The molecule has 0 radical (unpaired) electrons. The molecule has 8 rings (SSSR count). The lowest BCUT2D eigenvalue weighted by Crippen LogP contribution is -2.54. The van der Waals surface area contributed by atoms with E-state index in [0.717, 1.165) is 23.8 Å². The molecule has 65 heavy (non-hydrogen) atoms. The number of methoxy groups -OCH3 is 3. The molecule has 2 amide bonds. The first-order valence-electron chi connectivity index (χ1n) is 21.6. The Bertz CT molecular complexity index is 2560. The van der Waals surface area contributed by atoms with Crippen LogP contribution in [0.15, 0.2) is 107 Å². The number of furan rings is 1. The first kappa shape index (κ1) is 47.2. The van der Waals surface area contributed by atoms with Crippen molar-refractivity contribution in [1.29, 1.82) is 0 Å². The van der Waals surface area contributed by atoms with E-state index in [-0.39, 0.29) is 53.6 Å². The van der Waals surface area contributed by atoms with Crippen LogP contribution in [0.1, 0.15) is 96.7 Å². The number of urea groups is 1.